The molecule has 0 aliphatic carbocycles. The van der Waals surface area contributed by atoms with Gasteiger partial charge in [0.1, 0.15) is 5.75 Å². The van der Waals surface area contributed by atoms with Crippen LogP contribution in [0, 0.1) is 5.92 Å². The van der Waals surface area contributed by atoms with Crippen molar-refractivity contribution in [3.8, 4) is 5.75 Å². The predicted octanol–water partition coefficient (Wildman–Crippen LogP) is 3.54. The number of aliphatic hydroxyl groups is 1. The van der Waals surface area contributed by atoms with Crippen molar-refractivity contribution in [3.63, 3.8) is 0 Å². The average molecular weight is 273 g/mol. The normalized spacial score (nSPS) is 12.9. The van der Waals surface area contributed by atoms with Crippen molar-refractivity contribution in [1.82, 2.24) is 0 Å². The second-order valence-corrected chi connectivity index (χ2v) is 4.92. The molecule has 0 heterocycles. The van der Waals surface area contributed by atoms with Crippen molar-refractivity contribution in [2.75, 3.05) is 6.61 Å². The van der Waals surface area contributed by atoms with Gasteiger partial charge >= 0.3 is 0 Å². The zero-order valence-corrected chi connectivity index (χ0v) is 10.9. The summed E-state index contributed by atoms with van der Waals surface area (Å²) in [6.07, 6.45) is -0.484. The van der Waals surface area contributed by atoms with E-state index in [4.69, 9.17) is 4.74 Å². The first kappa shape index (κ1) is 12.5. The molecule has 3 heteroatoms. The molecular weight excluding hydrogens is 256 g/mol. The molecule has 0 aliphatic rings. The van der Waals surface area contributed by atoms with E-state index in [0.717, 1.165) is 15.8 Å². The summed E-state index contributed by atoms with van der Waals surface area (Å²) in [6.45, 7) is 6.65. The van der Waals surface area contributed by atoms with E-state index < -0.39 is 6.10 Å². The highest BCUT2D eigenvalue weighted by molar-refractivity contribution is 9.10. The quantitative estimate of drug-likeness (QED) is 0.909. The molecule has 1 rings (SSSR count). The van der Waals surface area contributed by atoms with Gasteiger partial charge in [-0.15, -0.1) is 0 Å². The minimum Gasteiger partial charge on any atom is -0.493 e. The van der Waals surface area contributed by atoms with Crippen LogP contribution in [0.4, 0.5) is 0 Å². The van der Waals surface area contributed by atoms with Crippen LogP contribution in [0.1, 0.15) is 32.4 Å². The number of aliphatic hydroxyl groups excluding tert-OH is 1. The number of halogens is 1. The van der Waals surface area contributed by atoms with Gasteiger partial charge in [-0.2, -0.15) is 0 Å². The Hall–Kier alpha value is -0.540. The Labute approximate surface area is 99.4 Å². The van der Waals surface area contributed by atoms with Crippen LogP contribution in [-0.4, -0.2) is 11.7 Å². The number of rotatable bonds is 4. The first-order valence-corrected chi connectivity index (χ1v) is 5.90. The number of ether oxygens (including phenoxy) is 1. The smallest absolute Gasteiger partial charge is 0.119 e. The maximum absolute atomic E-state index is 9.52. The Morgan fingerprint density at radius 3 is 2.53 bits per heavy atom. The van der Waals surface area contributed by atoms with Crippen molar-refractivity contribution < 1.29 is 9.84 Å². The van der Waals surface area contributed by atoms with Crippen LogP contribution in [0.5, 0.6) is 5.75 Å². The first-order valence-electron chi connectivity index (χ1n) is 5.11. The summed E-state index contributed by atoms with van der Waals surface area (Å²) < 4.78 is 6.49. The molecule has 0 bridgehead atoms. The average Bonchev–Trinajstić information content (AvgIpc) is 2.16. The van der Waals surface area contributed by atoms with E-state index in [0.29, 0.717) is 12.5 Å². The van der Waals surface area contributed by atoms with E-state index in [2.05, 4.69) is 29.8 Å². The van der Waals surface area contributed by atoms with Gasteiger partial charge in [0, 0.05) is 4.47 Å². The van der Waals surface area contributed by atoms with Crippen LogP contribution in [0.15, 0.2) is 22.7 Å². The lowest BCUT2D eigenvalue weighted by molar-refractivity contribution is 0.197. The highest BCUT2D eigenvalue weighted by Crippen LogP contribution is 2.27. The van der Waals surface area contributed by atoms with Crippen molar-refractivity contribution in [2.45, 2.75) is 26.9 Å². The molecule has 0 aliphatic heterocycles. The first-order chi connectivity index (χ1) is 7.00. The van der Waals surface area contributed by atoms with E-state index in [1.807, 2.05) is 18.2 Å². The summed E-state index contributed by atoms with van der Waals surface area (Å²) in [5.41, 5.74) is 0.858. The van der Waals surface area contributed by atoms with Gasteiger partial charge in [0.2, 0.25) is 0 Å². The molecule has 0 amide bonds. The summed E-state index contributed by atoms with van der Waals surface area (Å²) in [7, 11) is 0. The molecule has 1 atom stereocenters. The van der Waals surface area contributed by atoms with E-state index in [9.17, 15) is 5.11 Å². The third-order valence-electron chi connectivity index (χ3n) is 2.00. The highest BCUT2D eigenvalue weighted by Gasteiger charge is 2.07. The van der Waals surface area contributed by atoms with Gasteiger partial charge in [-0.3, -0.25) is 0 Å². The molecule has 0 radical (unpaired) electrons. The monoisotopic (exact) mass is 272 g/mol. The van der Waals surface area contributed by atoms with Crippen molar-refractivity contribution in [2.24, 2.45) is 5.92 Å². The molecule has 0 saturated carbocycles. The van der Waals surface area contributed by atoms with E-state index in [1.54, 1.807) is 6.92 Å². The Kier molecular flexibility index (Phi) is 4.61. The molecule has 1 N–H and O–H groups in total. The molecule has 84 valence electrons. The molecular formula is C12H17BrO2. The van der Waals surface area contributed by atoms with Gasteiger partial charge in [0.25, 0.3) is 0 Å². The molecule has 0 aromatic heterocycles. The maximum Gasteiger partial charge on any atom is 0.119 e. The largest absolute Gasteiger partial charge is 0.493 e. The third kappa shape index (κ3) is 3.84. The lowest BCUT2D eigenvalue weighted by atomic mass is 10.1. The Morgan fingerprint density at radius 1 is 1.33 bits per heavy atom. The number of hydrogen-bond donors (Lipinski definition) is 1. The zero-order valence-electron chi connectivity index (χ0n) is 9.33. The Balaban J connectivity index is 2.78. The molecule has 2 nitrogen and oxygen atoms in total. The van der Waals surface area contributed by atoms with Gasteiger partial charge in [0.05, 0.1) is 12.7 Å². The zero-order chi connectivity index (χ0) is 11.4. The van der Waals surface area contributed by atoms with Gasteiger partial charge in [-0.1, -0.05) is 29.8 Å². The molecule has 1 aromatic rings. The van der Waals surface area contributed by atoms with Gasteiger partial charge in [-0.25, -0.2) is 0 Å². The summed E-state index contributed by atoms with van der Waals surface area (Å²) in [6, 6.07) is 5.67. The van der Waals surface area contributed by atoms with E-state index >= 15 is 0 Å². The number of benzene rings is 1. The third-order valence-corrected chi connectivity index (χ3v) is 2.72. The second kappa shape index (κ2) is 5.52. The summed E-state index contributed by atoms with van der Waals surface area (Å²) in [4.78, 5) is 0. The van der Waals surface area contributed by atoms with Crippen LogP contribution >= 0.6 is 15.9 Å². The Bertz CT molecular complexity index is 321. The molecule has 0 spiro atoms. The van der Waals surface area contributed by atoms with E-state index in [1.165, 1.54) is 0 Å². The minimum absolute atomic E-state index is 0.484. The predicted molar refractivity (Wildman–Crippen MR) is 65.1 cm³/mol. The molecule has 0 saturated heterocycles. The summed E-state index contributed by atoms with van der Waals surface area (Å²) >= 11 is 3.40. The molecule has 1 unspecified atom stereocenters. The van der Waals surface area contributed by atoms with Crippen LogP contribution in [-0.2, 0) is 0 Å². The van der Waals surface area contributed by atoms with Crippen LogP contribution in [0.2, 0.25) is 0 Å². The molecule has 15 heavy (non-hydrogen) atoms. The van der Waals surface area contributed by atoms with Crippen molar-refractivity contribution >= 4 is 15.9 Å². The van der Waals surface area contributed by atoms with E-state index in [-0.39, 0.29) is 0 Å². The fraction of sp³-hybridized carbons (Fsp3) is 0.500. The molecule has 0 fully saturated rings. The standard InChI is InChI=1S/C12H17BrO2/c1-8(2)7-15-10-4-5-12(13)11(6-10)9(3)14/h4-6,8-9,14H,7H2,1-3H3. The molecule has 1 aromatic carbocycles. The fourth-order valence-electron chi connectivity index (χ4n) is 1.19. The van der Waals surface area contributed by atoms with Gasteiger partial charge < -0.3 is 9.84 Å². The fourth-order valence-corrected chi connectivity index (χ4v) is 1.77. The SMILES string of the molecule is CC(C)COc1ccc(Br)c(C(C)O)c1. The van der Waals surface area contributed by atoms with Gasteiger partial charge in [-0.05, 0) is 36.6 Å². The lowest BCUT2D eigenvalue weighted by Gasteiger charge is -2.12. The van der Waals surface area contributed by atoms with Gasteiger partial charge in [0.15, 0.2) is 0 Å². The van der Waals surface area contributed by atoms with Crippen LogP contribution in [0.25, 0.3) is 0 Å². The minimum atomic E-state index is -0.484. The van der Waals surface area contributed by atoms with Crippen LogP contribution < -0.4 is 4.74 Å². The summed E-state index contributed by atoms with van der Waals surface area (Å²) in [5.74, 6) is 1.31. The van der Waals surface area contributed by atoms with Crippen molar-refractivity contribution in [3.05, 3.63) is 28.2 Å². The topological polar surface area (TPSA) is 29.5 Å². The lowest BCUT2D eigenvalue weighted by Crippen LogP contribution is -2.05. The number of hydrogen-bond acceptors (Lipinski definition) is 2. The Morgan fingerprint density at radius 2 is 2.00 bits per heavy atom. The maximum atomic E-state index is 9.52. The highest BCUT2D eigenvalue weighted by atomic mass is 79.9. The summed E-state index contributed by atoms with van der Waals surface area (Å²) in [5, 5.41) is 9.52. The second-order valence-electron chi connectivity index (χ2n) is 4.06. The van der Waals surface area contributed by atoms with Crippen LogP contribution in [0.3, 0.4) is 0 Å². The van der Waals surface area contributed by atoms with Crippen molar-refractivity contribution in [1.29, 1.82) is 0 Å².